The van der Waals surface area contributed by atoms with E-state index in [9.17, 15) is 14.7 Å². The Morgan fingerprint density at radius 1 is 1.06 bits per heavy atom. The smallest absolute Gasteiger partial charge is 0.344 e. The van der Waals surface area contributed by atoms with Gasteiger partial charge in [-0.05, 0) is 68.8 Å². The molecule has 2 heterocycles. The second-order valence-electron chi connectivity index (χ2n) is 8.01. The highest BCUT2D eigenvalue weighted by atomic mass is 32.2. The molecule has 2 aromatic carbocycles. The lowest BCUT2D eigenvalue weighted by molar-refractivity contribution is -0.138. The molecule has 1 aliphatic rings. The second kappa shape index (κ2) is 10.7. The first-order valence-electron chi connectivity index (χ1n) is 11.4. The number of methoxy groups -OCH3 is 1. The quantitative estimate of drug-likeness (QED) is 0.411. The van der Waals surface area contributed by atoms with E-state index < -0.39 is 11.9 Å². The van der Waals surface area contributed by atoms with Gasteiger partial charge in [0.25, 0.3) is 0 Å². The lowest BCUT2D eigenvalue weighted by atomic mass is 10.1. The summed E-state index contributed by atoms with van der Waals surface area (Å²) < 4.78 is 12.1. The molecule has 0 saturated carbocycles. The predicted octanol–water partition coefficient (Wildman–Crippen LogP) is 6.07. The Morgan fingerprint density at radius 2 is 1.81 bits per heavy atom. The highest BCUT2D eigenvalue weighted by molar-refractivity contribution is 8.18. The number of nitrogens with zero attached hydrogens (tertiary/aromatic N) is 2. The molecular weight excluding hydrogens is 476 g/mol. The maximum atomic E-state index is 12.7. The number of aryl methyl sites for hydroxylation is 1. The number of hydrogen-bond acceptors (Lipinski definition) is 7. The van der Waals surface area contributed by atoms with E-state index in [4.69, 9.17) is 9.47 Å². The van der Waals surface area contributed by atoms with Crippen molar-refractivity contribution in [1.82, 2.24) is 4.57 Å². The molecule has 184 valence electrons. The highest BCUT2D eigenvalue weighted by Gasteiger charge is 2.33. The standard InChI is InChI=1S/C28H26N2O5S/c1-5-35-28(33)24-25(31)23(36-26(24)29-21-11-7-6-8-12-21)16-20-14-17(2)30(18(20)3)22-13-9-10-19(15-22)27(32)34-4/h6-16,31H,5H2,1-4H3/b23-16-,29-26?. The Labute approximate surface area is 213 Å². The van der Waals surface area contributed by atoms with Crippen molar-refractivity contribution >= 4 is 40.5 Å². The third-order valence-electron chi connectivity index (χ3n) is 5.64. The number of ether oxygens (including phenoxy) is 2. The topological polar surface area (TPSA) is 90.1 Å². The summed E-state index contributed by atoms with van der Waals surface area (Å²) in [6.45, 7) is 5.82. The molecule has 0 unspecified atom stereocenters. The lowest BCUT2D eigenvalue weighted by Gasteiger charge is -2.11. The normalized spacial score (nSPS) is 15.6. The van der Waals surface area contributed by atoms with Crippen LogP contribution < -0.4 is 0 Å². The van der Waals surface area contributed by atoms with E-state index in [1.807, 2.05) is 67.0 Å². The fourth-order valence-electron chi connectivity index (χ4n) is 3.97. The van der Waals surface area contributed by atoms with Crippen LogP contribution in [0.3, 0.4) is 0 Å². The number of carbonyl (C=O) groups is 2. The molecular formula is C28H26N2O5S. The lowest BCUT2D eigenvalue weighted by Crippen LogP contribution is -2.12. The van der Waals surface area contributed by atoms with Gasteiger partial charge in [0.2, 0.25) is 0 Å². The number of rotatable bonds is 6. The van der Waals surface area contributed by atoms with E-state index in [-0.39, 0.29) is 17.9 Å². The van der Waals surface area contributed by atoms with Crippen LogP contribution >= 0.6 is 11.8 Å². The highest BCUT2D eigenvalue weighted by Crippen LogP contribution is 2.41. The minimum Gasteiger partial charge on any atom is -0.506 e. The van der Waals surface area contributed by atoms with Crippen molar-refractivity contribution in [1.29, 1.82) is 0 Å². The summed E-state index contributed by atoms with van der Waals surface area (Å²) in [4.78, 5) is 29.8. The van der Waals surface area contributed by atoms with Crippen LogP contribution in [0.2, 0.25) is 0 Å². The minimum absolute atomic E-state index is 0.0524. The van der Waals surface area contributed by atoms with Gasteiger partial charge in [-0.25, -0.2) is 14.6 Å². The van der Waals surface area contributed by atoms with Crippen molar-refractivity contribution in [2.24, 2.45) is 4.99 Å². The van der Waals surface area contributed by atoms with Gasteiger partial charge in [-0.1, -0.05) is 36.0 Å². The molecule has 0 amide bonds. The molecule has 0 fully saturated rings. The molecule has 0 spiro atoms. The number of aliphatic hydroxyl groups is 1. The minimum atomic E-state index is -0.620. The van der Waals surface area contributed by atoms with E-state index in [0.717, 1.165) is 22.6 Å². The molecule has 1 aliphatic heterocycles. The summed E-state index contributed by atoms with van der Waals surface area (Å²) in [7, 11) is 1.35. The average molecular weight is 503 g/mol. The number of hydrogen-bond donors (Lipinski definition) is 1. The zero-order valence-electron chi connectivity index (χ0n) is 20.4. The van der Waals surface area contributed by atoms with Crippen molar-refractivity contribution in [3.05, 3.63) is 99.4 Å². The van der Waals surface area contributed by atoms with Crippen molar-refractivity contribution < 1.29 is 24.2 Å². The van der Waals surface area contributed by atoms with Crippen molar-refractivity contribution in [3.63, 3.8) is 0 Å². The van der Waals surface area contributed by atoms with Gasteiger partial charge >= 0.3 is 11.9 Å². The molecule has 36 heavy (non-hydrogen) atoms. The number of carbonyl (C=O) groups excluding carboxylic acids is 2. The molecule has 1 N–H and O–H groups in total. The Bertz CT molecular complexity index is 1420. The zero-order chi connectivity index (χ0) is 25.8. The van der Waals surface area contributed by atoms with Gasteiger partial charge in [0, 0.05) is 17.1 Å². The van der Waals surface area contributed by atoms with Gasteiger partial charge in [0.05, 0.1) is 29.9 Å². The number of benzene rings is 2. The van der Waals surface area contributed by atoms with E-state index in [0.29, 0.717) is 21.2 Å². The van der Waals surface area contributed by atoms with E-state index in [2.05, 4.69) is 4.99 Å². The van der Waals surface area contributed by atoms with Gasteiger partial charge in [0.15, 0.2) is 0 Å². The van der Waals surface area contributed by atoms with Gasteiger partial charge in [-0.2, -0.15) is 0 Å². The van der Waals surface area contributed by atoms with E-state index in [1.54, 1.807) is 25.1 Å². The maximum Gasteiger partial charge on any atom is 0.344 e. The molecule has 8 heteroatoms. The Morgan fingerprint density at radius 3 is 2.50 bits per heavy atom. The van der Waals surface area contributed by atoms with Crippen molar-refractivity contribution in [2.75, 3.05) is 13.7 Å². The monoisotopic (exact) mass is 502 g/mol. The Kier molecular flexibility index (Phi) is 7.45. The first kappa shape index (κ1) is 25.1. The van der Waals surface area contributed by atoms with Crippen molar-refractivity contribution in [3.8, 4) is 5.69 Å². The first-order chi connectivity index (χ1) is 17.3. The number of esters is 2. The Balaban J connectivity index is 1.76. The predicted molar refractivity (Wildman–Crippen MR) is 142 cm³/mol. The fourth-order valence-corrected chi connectivity index (χ4v) is 5.00. The number of aliphatic imine (C=N–C) groups is 1. The summed E-state index contributed by atoms with van der Waals surface area (Å²) in [5.74, 6) is -1.19. The number of aromatic nitrogens is 1. The SMILES string of the molecule is CCOC(=O)C1=C(O)/C(=C/c2cc(C)n(-c3cccc(C(=O)OC)c3)c2C)SC1=Nc1ccccc1. The molecule has 0 radical (unpaired) electrons. The molecule has 4 rings (SSSR count). The average Bonchev–Trinajstić information content (AvgIpc) is 3.33. The third-order valence-corrected chi connectivity index (χ3v) is 6.66. The second-order valence-corrected chi connectivity index (χ2v) is 9.04. The van der Waals surface area contributed by atoms with E-state index >= 15 is 0 Å². The molecule has 7 nitrogen and oxygen atoms in total. The van der Waals surface area contributed by atoms with Crippen LogP contribution in [0, 0.1) is 13.8 Å². The summed E-state index contributed by atoms with van der Waals surface area (Å²) in [5, 5.41) is 11.4. The van der Waals surface area contributed by atoms with Crippen molar-refractivity contribution in [2.45, 2.75) is 20.8 Å². The molecule has 0 saturated heterocycles. The van der Waals surface area contributed by atoms with Crippen LogP contribution in [0.25, 0.3) is 11.8 Å². The summed E-state index contributed by atoms with van der Waals surface area (Å²) in [5.41, 5.74) is 4.69. The molecule has 0 bridgehead atoms. The molecule has 1 aromatic heterocycles. The summed E-state index contributed by atoms with van der Waals surface area (Å²) in [6.07, 6.45) is 1.83. The maximum absolute atomic E-state index is 12.7. The van der Waals surface area contributed by atoms with Gasteiger partial charge in [-0.3, -0.25) is 0 Å². The van der Waals surface area contributed by atoms with E-state index in [1.165, 1.54) is 18.9 Å². The zero-order valence-corrected chi connectivity index (χ0v) is 21.3. The number of thioether (sulfide) groups is 1. The molecule has 0 atom stereocenters. The fraction of sp³-hybridized carbons (Fsp3) is 0.179. The van der Waals surface area contributed by atoms with Crippen LogP contribution in [0.1, 0.15) is 34.2 Å². The van der Waals surface area contributed by atoms with Gasteiger partial charge < -0.3 is 19.1 Å². The van der Waals surface area contributed by atoms with Crippen LogP contribution in [-0.2, 0) is 14.3 Å². The van der Waals surface area contributed by atoms with Crippen LogP contribution in [0.5, 0.6) is 0 Å². The van der Waals surface area contributed by atoms with Crippen LogP contribution in [0.15, 0.2) is 81.9 Å². The molecule has 0 aliphatic carbocycles. The largest absolute Gasteiger partial charge is 0.506 e. The van der Waals surface area contributed by atoms with Crippen LogP contribution in [0.4, 0.5) is 5.69 Å². The number of para-hydroxylation sites is 1. The Hall–Kier alpha value is -4.04. The number of aliphatic hydroxyl groups excluding tert-OH is 1. The van der Waals surface area contributed by atoms with Crippen LogP contribution in [-0.4, -0.2) is 40.4 Å². The first-order valence-corrected chi connectivity index (χ1v) is 12.2. The third kappa shape index (κ3) is 4.99. The molecule has 3 aromatic rings. The van der Waals surface area contributed by atoms with Gasteiger partial charge in [0.1, 0.15) is 16.4 Å². The summed E-state index contributed by atoms with van der Waals surface area (Å²) >= 11 is 1.22. The summed E-state index contributed by atoms with van der Waals surface area (Å²) in [6, 6.07) is 18.4. The van der Waals surface area contributed by atoms with Gasteiger partial charge in [-0.15, -0.1) is 0 Å².